The van der Waals surface area contributed by atoms with Gasteiger partial charge in [-0.3, -0.25) is 4.79 Å². The third-order valence-corrected chi connectivity index (χ3v) is 4.86. The molecule has 130 valence electrons. The number of rotatable bonds is 4. The van der Waals surface area contributed by atoms with Crippen LogP contribution in [0.5, 0.6) is 0 Å². The van der Waals surface area contributed by atoms with Gasteiger partial charge < -0.3 is 14.5 Å². The molecule has 0 radical (unpaired) electrons. The number of hydrogen-bond donors (Lipinski definition) is 0. The van der Waals surface area contributed by atoms with Crippen molar-refractivity contribution in [3.63, 3.8) is 0 Å². The van der Waals surface area contributed by atoms with Crippen molar-refractivity contribution in [3.05, 3.63) is 53.0 Å². The number of carbonyl (C=O) groups is 2. The number of thiazole rings is 1. The Balaban J connectivity index is 1.54. The predicted molar refractivity (Wildman–Crippen MR) is 97.7 cm³/mol. The highest BCUT2D eigenvalue weighted by molar-refractivity contribution is 7.13. The Labute approximate surface area is 150 Å². The van der Waals surface area contributed by atoms with Gasteiger partial charge in [0.1, 0.15) is 0 Å². The van der Waals surface area contributed by atoms with Gasteiger partial charge in [0.25, 0.3) is 0 Å². The molecule has 0 N–H and O–H groups in total. The first-order chi connectivity index (χ1) is 12.2. The molecule has 1 aromatic heterocycles. The topological polar surface area (TPSA) is 62.7 Å². The monoisotopic (exact) mass is 357 g/mol. The molecule has 2 aromatic rings. The van der Waals surface area contributed by atoms with Crippen LogP contribution >= 0.6 is 11.3 Å². The van der Waals surface area contributed by atoms with Crippen molar-refractivity contribution in [1.29, 1.82) is 0 Å². The average Bonchev–Trinajstić information content (AvgIpc) is 3.21. The summed E-state index contributed by atoms with van der Waals surface area (Å²) in [5, 5.41) is 2.97. The predicted octanol–water partition coefficient (Wildman–Crippen LogP) is 2.29. The van der Waals surface area contributed by atoms with E-state index in [2.05, 4.69) is 14.6 Å². The van der Waals surface area contributed by atoms with Crippen LogP contribution in [0.2, 0.25) is 0 Å². The number of ether oxygens (including phenoxy) is 1. The number of benzene rings is 1. The SMILES string of the molecule is COC(=O)c1ccc(/C=C/C(=O)N2CCN(c3nccs3)CC2)cc1. The Kier molecular flexibility index (Phi) is 5.45. The maximum atomic E-state index is 12.3. The maximum absolute atomic E-state index is 12.3. The Morgan fingerprint density at radius 3 is 2.48 bits per heavy atom. The van der Waals surface area contributed by atoms with Crippen molar-refractivity contribution in [2.24, 2.45) is 0 Å². The minimum Gasteiger partial charge on any atom is -0.465 e. The van der Waals surface area contributed by atoms with E-state index in [0.717, 1.165) is 23.8 Å². The van der Waals surface area contributed by atoms with Crippen molar-refractivity contribution in [2.45, 2.75) is 0 Å². The average molecular weight is 357 g/mol. The molecule has 1 saturated heterocycles. The Hall–Kier alpha value is -2.67. The number of methoxy groups -OCH3 is 1. The van der Waals surface area contributed by atoms with E-state index in [1.807, 2.05) is 10.3 Å². The van der Waals surface area contributed by atoms with Crippen molar-refractivity contribution in [3.8, 4) is 0 Å². The smallest absolute Gasteiger partial charge is 0.337 e. The Morgan fingerprint density at radius 2 is 1.88 bits per heavy atom. The minimum atomic E-state index is -0.371. The second-order valence-electron chi connectivity index (χ2n) is 5.57. The Morgan fingerprint density at radius 1 is 1.16 bits per heavy atom. The van der Waals surface area contributed by atoms with Crippen LogP contribution in [0.25, 0.3) is 6.08 Å². The molecule has 7 heteroatoms. The standard InChI is InChI=1S/C18H19N3O3S/c1-24-17(23)15-5-2-14(3-6-15)4-7-16(22)20-9-11-21(12-10-20)18-19-8-13-25-18/h2-8,13H,9-12H2,1H3/b7-4+. The van der Waals surface area contributed by atoms with Gasteiger partial charge in [0.05, 0.1) is 12.7 Å². The zero-order valence-electron chi connectivity index (χ0n) is 13.9. The van der Waals surface area contributed by atoms with E-state index in [0.29, 0.717) is 18.7 Å². The summed E-state index contributed by atoms with van der Waals surface area (Å²) in [5.41, 5.74) is 1.35. The fraction of sp³-hybridized carbons (Fsp3) is 0.278. The lowest BCUT2D eigenvalue weighted by molar-refractivity contribution is -0.126. The molecule has 1 amide bonds. The van der Waals surface area contributed by atoms with E-state index in [9.17, 15) is 9.59 Å². The molecule has 1 aliphatic rings. The van der Waals surface area contributed by atoms with Crippen molar-refractivity contribution >= 4 is 34.4 Å². The highest BCUT2D eigenvalue weighted by Crippen LogP contribution is 2.19. The van der Waals surface area contributed by atoms with Gasteiger partial charge in [-0.1, -0.05) is 12.1 Å². The van der Waals surface area contributed by atoms with Crippen LogP contribution in [0, 0.1) is 0 Å². The molecule has 0 saturated carbocycles. The van der Waals surface area contributed by atoms with E-state index >= 15 is 0 Å². The molecule has 1 aliphatic heterocycles. The summed E-state index contributed by atoms with van der Waals surface area (Å²) in [7, 11) is 1.35. The number of piperazine rings is 1. The Bertz CT molecular complexity index is 748. The van der Waals surface area contributed by atoms with Gasteiger partial charge in [-0.05, 0) is 23.8 Å². The fourth-order valence-electron chi connectivity index (χ4n) is 2.61. The second-order valence-corrected chi connectivity index (χ2v) is 6.45. The normalized spacial score (nSPS) is 14.8. The largest absolute Gasteiger partial charge is 0.465 e. The van der Waals surface area contributed by atoms with E-state index in [-0.39, 0.29) is 11.9 Å². The third kappa shape index (κ3) is 4.24. The molecule has 0 aliphatic carbocycles. The highest BCUT2D eigenvalue weighted by Gasteiger charge is 2.20. The number of aromatic nitrogens is 1. The van der Waals surface area contributed by atoms with Crippen LogP contribution in [-0.4, -0.2) is 55.0 Å². The van der Waals surface area contributed by atoms with E-state index < -0.39 is 0 Å². The summed E-state index contributed by atoms with van der Waals surface area (Å²) in [6, 6.07) is 6.94. The van der Waals surface area contributed by atoms with Gasteiger partial charge in [0.15, 0.2) is 5.13 Å². The molecule has 0 atom stereocenters. The molecule has 1 aromatic carbocycles. The molecule has 6 nitrogen and oxygen atoms in total. The van der Waals surface area contributed by atoms with Gasteiger partial charge in [-0.2, -0.15) is 0 Å². The molecule has 3 rings (SSSR count). The molecular formula is C18H19N3O3S. The second kappa shape index (κ2) is 7.94. The summed E-state index contributed by atoms with van der Waals surface area (Å²) in [5.74, 6) is -0.374. The fourth-order valence-corrected chi connectivity index (χ4v) is 3.31. The van der Waals surface area contributed by atoms with Crippen molar-refractivity contribution in [2.75, 3.05) is 38.2 Å². The van der Waals surface area contributed by atoms with Crippen LogP contribution in [0.1, 0.15) is 15.9 Å². The molecule has 0 unspecified atom stereocenters. The molecular weight excluding hydrogens is 338 g/mol. The van der Waals surface area contributed by atoms with Crippen LogP contribution in [-0.2, 0) is 9.53 Å². The molecule has 2 heterocycles. The van der Waals surface area contributed by atoms with Crippen LogP contribution < -0.4 is 4.90 Å². The van der Waals surface area contributed by atoms with Gasteiger partial charge in [-0.25, -0.2) is 9.78 Å². The maximum Gasteiger partial charge on any atom is 0.337 e. The van der Waals surface area contributed by atoms with E-state index in [1.54, 1.807) is 54.0 Å². The van der Waals surface area contributed by atoms with Gasteiger partial charge in [0.2, 0.25) is 5.91 Å². The summed E-state index contributed by atoms with van der Waals surface area (Å²) in [6.45, 7) is 2.95. The first-order valence-corrected chi connectivity index (χ1v) is 8.85. The first-order valence-electron chi connectivity index (χ1n) is 7.97. The highest BCUT2D eigenvalue weighted by atomic mass is 32.1. The lowest BCUT2D eigenvalue weighted by Crippen LogP contribution is -2.48. The van der Waals surface area contributed by atoms with E-state index in [1.165, 1.54) is 7.11 Å². The zero-order valence-corrected chi connectivity index (χ0v) is 14.7. The van der Waals surface area contributed by atoms with Crippen molar-refractivity contribution in [1.82, 2.24) is 9.88 Å². The van der Waals surface area contributed by atoms with Crippen LogP contribution in [0.4, 0.5) is 5.13 Å². The summed E-state index contributed by atoms with van der Waals surface area (Å²) in [4.78, 5) is 32.1. The molecule has 25 heavy (non-hydrogen) atoms. The lowest BCUT2D eigenvalue weighted by atomic mass is 10.1. The first kappa shape index (κ1) is 17.2. The minimum absolute atomic E-state index is 0.00386. The number of anilines is 1. The molecule has 0 bridgehead atoms. The van der Waals surface area contributed by atoms with Crippen molar-refractivity contribution < 1.29 is 14.3 Å². The van der Waals surface area contributed by atoms with Gasteiger partial charge in [-0.15, -0.1) is 11.3 Å². The van der Waals surface area contributed by atoms with Crippen LogP contribution in [0.15, 0.2) is 41.9 Å². The van der Waals surface area contributed by atoms with Gasteiger partial charge in [0, 0.05) is 43.8 Å². The summed E-state index contributed by atoms with van der Waals surface area (Å²) >= 11 is 1.62. The third-order valence-electron chi connectivity index (χ3n) is 4.03. The molecule has 0 spiro atoms. The number of carbonyl (C=O) groups excluding carboxylic acids is 2. The number of esters is 1. The summed E-state index contributed by atoms with van der Waals surface area (Å²) in [6.07, 6.45) is 5.13. The number of amides is 1. The van der Waals surface area contributed by atoms with E-state index in [4.69, 9.17) is 0 Å². The lowest BCUT2D eigenvalue weighted by Gasteiger charge is -2.34. The zero-order chi connectivity index (χ0) is 17.6. The molecule has 1 fully saturated rings. The number of nitrogens with zero attached hydrogens (tertiary/aromatic N) is 3. The van der Waals surface area contributed by atoms with Crippen LogP contribution in [0.3, 0.4) is 0 Å². The quantitative estimate of drug-likeness (QED) is 0.621. The van der Waals surface area contributed by atoms with Gasteiger partial charge >= 0.3 is 5.97 Å². The summed E-state index contributed by atoms with van der Waals surface area (Å²) < 4.78 is 4.66. The number of hydrogen-bond acceptors (Lipinski definition) is 6.